The van der Waals surface area contributed by atoms with Crippen LogP contribution in [0, 0.1) is 23.2 Å². The van der Waals surface area contributed by atoms with Gasteiger partial charge in [-0.3, -0.25) is 0 Å². The van der Waals surface area contributed by atoms with Crippen LogP contribution in [0.5, 0.6) is 5.88 Å². The lowest BCUT2D eigenvalue weighted by Crippen LogP contribution is -2.45. The maximum Gasteiger partial charge on any atom is 0.247 e. The Hall–Kier alpha value is -2.34. The minimum atomic E-state index is -0.152. The molecular formula is C26H32N4OS. The summed E-state index contributed by atoms with van der Waals surface area (Å²) in [4.78, 5) is 4.76. The molecule has 2 aliphatic carbocycles. The van der Waals surface area contributed by atoms with Crippen molar-refractivity contribution in [1.29, 1.82) is 0 Å². The monoisotopic (exact) mass is 448 g/mol. The zero-order chi connectivity index (χ0) is 22.3. The third-order valence-electron chi connectivity index (χ3n) is 7.46. The lowest BCUT2D eigenvalue weighted by Gasteiger charge is -2.48. The van der Waals surface area contributed by atoms with E-state index in [0.717, 1.165) is 29.8 Å². The quantitative estimate of drug-likeness (QED) is 0.434. The van der Waals surface area contributed by atoms with Crippen molar-refractivity contribution in [3.05, 3.63) is 48.6 Å². The Balaban J connectivity index is 1.51. The molecule has 168 valence electrons. The molecular weight excluding hydrogens is 416 g/mol. The first kappa shape index (κ1) is 21.5. The largest absolute Gasteiger partial charge is 0.452 e. The van der Waals surface area contributed by atoms with E-state index in [-0.39, 0.29) is 6.23 Å². The summed E-state index contributed by atoms with van der Waals surface area (Å²) in [5, 5.41) is 13.2. The van der Waals surface area contributed by atoms with Crippen LogP contribution >= 0.6 is 11.8 Å². The summed E-state index contributed by atoms with van der Waals surface area (Å²) in [5.74, 6) is 2.84. The number of fused-ring (bicyclic) bond motifs is 4. The lowest BCUT2D eigenvalue weighted by atomic mass is 9.59. The van der Waals surface area contributed by atoms with E-state index >= 15 is 0 Å². The predicted octanol–water partition coefficient (Wildman–Crippen LogP) is 6.36. The molecule has 0 bridgehead atoms. The Bertz CT molecular complexity index is 1050. The number of allylic oxidation sites excluding steroid dienone is 2. The zero-order valence-corrected chi connectivity index (χ0v) is 20.0. The van der Waals surface area contributed by atoms with Crippen molar-refractivity contribution >= 4 is 17.4 Å². The van der Waals surface area contributed by atoms with Gasteiger partial charge in [-0.2, -0.15) is 4.98 Å². The molecule has 0 saturated heterocycles. The van der Waals surface area contributed by atoms with E-state index in [1.54, 1.807) is 5.57 Å². The van der Waals surface area contributed by atoms with Gasteiger partial charge in [0.05, 0.1) is 0 Å². The molecule has 3 aliphatic rings. The SMILES string of the molecule is C=CCSc1nnc2c(n1)O[C@H]([C@H]1C[C@H]3C(=CCCC3(C)C)C[C@@H]1C)Nc1ccccc1-2. The third-order valence-corrected chi connectivity index (χ3v) is 8.29. The molecule has 5 nitrogen and oxygen atoms in total. The highest BCUT2D eigenvalue weighted by Gasteiger charge is 2.44. The molecule has 1 fully saturated rings. The number of hydrogen-bond acceptors (Lipinski definition) is 6. The maximum atomic E-state index is 6.63. The first-order valence-corrected chi connectivity index (χ1v) is 12.6. The highest BCUT2D eigenvalue weighted by molar-refractivity contribution is 7.99. The Morgan fingerprint density at radius 3 is 2.97 bits per heavy atom. The van der Waals surface area contributed by atoms with Crippen molar-refractivity contribution in [2.24, 2.45) is 23.2 Å². The van der Waals surface area contributed by atoms with Gasteiger partial charge in [-0.25, -0.2) is 0 Å². The van der Waals surface area contributed by atoms with E-state index in [1.165, 1.54) is 24.6 Å². The van der Waals surface area contributed by atoms with Crippen LogP contribution in [0.2, 0.25) is 0 Å². The van der Waals surface area contributed by atoms with Crippen LogP contribution in [0.1, 0.15) is 46.5 Å². The van der Waals surface area contributed by atoms with Gasteiger partial charge in [-0.15, -0.1) is 16.8 Å². The van der Waals surface area contributed by atoms with Crippen molar-refractivity contribution in [2.75, 3.05) is 11.1 Å². The van der Waals surface area contributed by atoms with E-state index in [9.17, 15) is 0 Å². The Morgan fingerprint density at radius 2 is 2.12 bits per heavy atom. The van der Waals surface area contributed by atoms with Gasteiger partial charge in [0, 0.05) is 22.9 Å². The molecule has 1 aliphatic heterocycles. The Morgan fingerprint density at radius 1 is 1.28 bits per heavy atom. The van der Waals surface area contributed by atoms with Crippen LogP contribution in [0.15, 0.2) is 53.7 Å². The fourth-order valence-electron chi connectivity index (χ4n) is 5.65. The average Bonchev–Trinajstić information content (AvgIpc) is 2.93. The van der Waals surface area contributed by atoms with E-state index in [0.29, 0.717) is 39.9 Å². The number of para-hydroxylation sites is 1. The summed E-state index contributed by atoms with van der Waals surface area (Å²) in [6.07, 6.45) is 8.95. The van der Waals surface area contributed by atoms with Gasteiger partial charge in [-0.1, -0.05) is 68.5 Å². The van der Waals surface area contributed by atoms with Crippen molar-refractivity contribution < 1.29 is 4.74 Å². The molecule has 1 aromatic heterocycles. The highest BCUT2D eigenvalue weighted by atomic mass is 32.2. The summed E-state index contributed by atoms with van der Waals surface area (Å²) in [5.41, 5.74) is 4.73. The molecule has 0 spiro atoms. The second-order valence-corrected chi connectivity index (χ2v) is 11.0. The van der Waals surface area contributed by atoms with E-state index in [1.807, 2.05) is 12.1 Å². The fraction of sp³-hybridized carbons (Fsp3) is 0.500. The second-order valence-electron chi connectivity index (χ2n) is 10.0. The van der Waals surface area contributed by atoms with E-state index in [2.05, 4.69) is 67.1 Å². The van der Waals surface area contributed by atoms with Gasteiger partial charge in [-0.05, 0) is 49.0 Å². The molecule has 2 heterocycles. The Labute approximate surface area is 195 Å². The molecule has 1 saturated carbocycles. The van der Waals surface area contributed by atoms with E-state index < -0.39 is 0 Å². The minimum Gasteiger partial charge on any atom is -0.452 e. The van der Waals surface area contributed by atoms with Crippen molar-refractivity contribution in [1.82, 2.24) is 15.2 Å². The molecule has 4 atom stereocenters. The zero-order valence-electron chi connectivity index (χ0n) is 19.2. The number of benzene rings is 1. The van der Waals surface area contributed by atoms with Crippen LogP contribution in [-0.2, 0) is 0 Å². The first-order chi connectivity index (χ1) is 15.5. The number of nitrogens with zero attached hydrogens (tertiary/aromatic N) is 3. The average molecular weight is 449 g/mol. The molecule has 2 aromatic rings. The number of nitrogens with one attached hydrogen (secondary N) is 1. The Kier molecular flexibility index (Phi) is 5.74. The van der Waals surface area contributed by atoms with Gasteiger partial charge < -0.3 is 10.1 Å². The standard InChI is InChI=1S/C26H32N4OS/c1-5-13-32-25-28-24-22(29-30-25)18-10-6-7-11-21(18)27-23(31-24)19-15-20-17(14-16(19)2)9-8-12-26(20,3)4/h5-7,9-11,16,19-20,23,27H,1,8,12-15H2,2-4H3/t16-,19-,20-,23+/m0/s1. The summed E-state index contributed by atoms with van der Waals surface area (Å²) in [6, 6.07) is 8.25. The predicted molar refractivity (Wildman–Crippen MR) is 131 cm³/mol. The van der Waals surface area contributed by atoms with Crippen LogP contribution < -0.4 is 10.1 Å². The number of ether oxygens (including phenoxy) is 1. The molecule has 0 radical (unpaired) electrons. The minimum absolute atomic E-state index is 0.152. The molecule has 0 amide bonds. The van der Waals surface area contributed by atoms with Gasteiger partial charge in [0.15, 0.2) is 11.9 Å². The summed E-state index contributed by atoms with van der Waals surface area (Å²) >= 11 is 1.52. The van der Waals surface area contributed by atoms with Crippen LogP contribution in [-0.4, -0.2) is 27.2 Å². The van der Waals surface area contributed by atoms with Gasteiger partial charge in [0.1, 0.15) is 0 Å². The number of hydrogen-bond donors (Lipinski definition) is 1. The van der Waals surface area contributed by atoms with Gasteiger partial charge in [0.2, 0.25) is 11.0 Å². The van der Waals surface area contributed by atoms with Crippen LogP contribution in [0.4, 0.5) is 5.69 Å². The molecule has 32 heavy (non-hydrogen) atoms. The smallest absolute Gasteiger partial charge is 0.247 e. The normalized spacial score (nSPS) is 28.0. The van der Waals surface area contributed by atoms with Crippen LogP contribution in [0.3, 0.4) is 0 Å². The molecule has 6 heteroatoms. The summed E-state index contributed by atoms with van der Waals surface area (Å²) < 4.78 is 6.63. The van der Waals surface area contributed by atoms with Gasteiger partial charge >= 0.3 is 0 Å². The number of anilines is 1. The molecule has 1 N–H and O–H groups in total. The first-order valence-electron chi connectivity index (χ1n) is 11.7. The molecule has 0 unspecified atom stereocenters. The van der Waals surface area contributed by atoms with Gasteiger partial charge in [0.25, 0.3) is 0 Å². The summed E-state index contributed by atoms with van der Waals surface area (Å²) in [6.45, 7) is 11.0. The van der Waals surface area contributed by atoms with Crippen molar-refractivity contribution in [2.45, 2.75) is 57.8 Å². The summed E-state index contributed by atoms with van der Waals surface area (Å²) in [7, 11) is 0. The van der Waals surface area contributed by atoms with Crippen molar-refractivity contribution in [3.63, 3.8) is 0 Å². The topological polar surface area (TPSA) is 59.9 Å². The van der Waals surface area contributed by atoms with E-state index in [4.69, 9.17) is 9.72 Å². The number of rotatable bonds is 4. The highest BCUT2D eigenvalue weighted by Crippen LogP contribution is 2.52. The molecule has 1 aromatic carbocycles. The van der Waals surface area contributed by atoms with Crippen LogP contribution in [0.25, 0.3) is 11.3 Å². The maximum absolute atomic E-state index is 6.63. The number of aromatic nitrogens is 3. The molecule has 5 rings (SSSR count). The second kappa shape index (κ2) is 8.54. The fourth-order valence-corrected chi connectivity index (χ4v) is 6.16. The van der Waals surface area contributed by atoms with Crippen molar-refractivity contribution in [3.8, 4) is 17.1 Å². The lowest BCUT2D eigenvalue weighted by molar-refractivity contribution is 0.0519. The third kappa shape index (κ3) is 3.94. The number of thioether (sulfide) groups is 1.